The summed E-state index contributed by atoms with van der Waals surface area (Å²) in [6.45, 7) is 5.15. The number of piperidine rings is 1. The van der Waals surface area contributed by atoms with Crippen molar-refractivity contribution in [2.45, 2.75) is 25.7 Å². The van der Waals surface area contributed by atoms with Crippen molar-refractivity contribution in [2.75, 3.05) is 46.9 Å². The van der Waals surface area contributed by atoms with Gasteiger partial charge in [0.2, 0.25) is 0 Å². The lowest BCUT2D eigenvalue weighted by atomic mass is 9.97. The van der Waals surface area contributed by atoms with Crippen LogP contribution in [0.2, 0.25) is 0 Å². The van der Waals surface area contributed by atoms with E-state index in [1.54, 1.807) is 0 Å². The number of aliphatic imine (C=N–C) groups is 1. The largest absolute Gasteiger partial charge is 0.493 e. The normalized spacial score (nSPS) is 19.0. The molecule has 0 unspecified atom stereocenters. The van der Waals surface area contributed by atoms with Gasteiger partial charge in [0.05, 0.1) is 6.61 Å². The number of guanidine groups is 1. The topological polar surface area (TPSA) is 48.9 Å². The Bertz CT molecular complexity index is 564. The van der Waals surface area contributed by atoms with E-state index in [0.717, 1.165) is 50.2 Å². The first-order valence-electron chi connectivity index (χ1n) is 9.12. The summed E-state index contributed by atoms with van der Waals surface area (Å²) in [6, 6.07) is 6.55. The van der Waals surface area contributed by atoms with Crippen molar-refractivity contribution in [3.63, 3.8) is 0 Å². The monoisotopic (exact) mass is 330 g/mol. The molecule has 1 fully saturated rings. The highest BCUT2D eigenvalue weighted by Gasteiger charge is 2.16. The standard InChI is InChI=1S/C19H30N4O/c1-20-19(22-14-16-6-10-23(2)11-7-16)21-9-5-15-3-4-18-17(13-15)8-12-24-18/h3-4,13,16H,5-12,14H2,1-2H3,(H2,20,21,22). The van der Waals surface area contributed by atoms with E-state index in [9.17, 15) is 0 Å². The van der Waals surface area contributed by atoms with E-state index in [1.807, 2.05) is 7.05 Å². The van der Waals surface area contributed by atoms with Gasteiger partial charge in [0.25, 0.3) is 0 Å². The quantitative estimate of drug-likeness (QED) is 0.637. The molecule has 2 aliphatic rings. The number of hydrogen-bond acceptors (Lipinski definition) is 3. The highest BCUT2D eigenvalue weighted by Crippen LogP contribution is 2.25. The first kappa shape index (κ1) is 17.1. The van der Waals surface area contributed by atoms with E-state index in [-0.39, 0.29) is 0 Å². The molecule has 2 N–H and O–H groups in total. The Balaban J connectivity index is 1.38. The number of nitrogens with one attached hydrogen (secondary N) is 2. The molecule has 24 heavy (non-hydrogen) atoms. The van der Waals surface area contributed by atoms with Gasteiger partial charge < -0.3 is 20.3 Å². The summed E-state index contributed by atoms with van der Waals surface area (Å²) in [6.07, 6.45) is 4.59. The molecule has 3 rings (SSSR count). The summed E-state index contributed by atoms with van der Waals surface area (Å²) in [5.41, 5.74) is 2.70. The minimum absolute atomic E-state index is 0.761. The maximum Gasteiger partial charge on any atom is 0.190 e. The first-order chi connectivity index (χ1) is 11.7. The van der Waals surface area contributed by atoms with Gasteiger partial charge in [-0.15, -0.1) is 0 Å². The number of rotatable bonds is 5. The van der Waals surface area contributed by atoms with Gasteiger partial charge in [-0.25, -0.2) is 0 Å². The maximum absolute atomic E-state index is 5.56. The Morgan fingerprint density at radius 2 is 2.12 bits per heavy atom. The first-order valence-corrected chi connectivity index (χ1v) is 9.12. The van der Waals surface area contributed by atoms with Crippen LogP contribution < -0.4 is 15.4 Å². The molecule has 0 spiro atoms. The summed E-state index contributed by atoms with van der Waals surface area (Å²) >= 11 is 0. The molecule has 2 aliphatic heterocycles. The molecule has 5 nitrogen and oxygen atoms in total. The molecular formula is C19H30N4O. The molecule has 2 heterocycles. The van der Waals surface area contributed by atoms with E-state index < -0.39 is 0 Å². The second-order valence-corrected chi connectivity index (χ2v) is 6.92. The molecule has 0 aromatic heterocycles. The molecule has 0 saturated carbocycles. The van der Waals surface area contributed by atoms with Gasteiger partial charge in [0.1, 0.15) is 5.75 Å². The minimum atomic E-state index is 0.761. The lowest BCUT2D eigenvalue weighted by Crippen LogP contribution is -2.42. The lowest BCUT2D eigenvalue weighted by molar-refractivity contribution is 0.220. The Hall–Kier alpha value is -1.75. The van der Waals surface area contributed by atoms with Gasteiger partial charge >= 0.3 is 0 Å². The highest BCUT2D eigenvalue weighted by atomic mass is 16.5. The van der Waals surface area contributed by atoms with Crippen LogP contribution >= 0.6 is 0 Å². The van der Waals surface area contributed by atoms with Crippen LogP contribution in [-0.2, 0) is 12.8 Å². The summed E-state index contributed by atoms with van der Waals surface area (Å²) in [5, 5.41) is 6.91. The third-order valence-corrected chi connectivity index (χ3v) is 5.08. The number of benzene rings is 1. The molecule has 1 saturated heterocycles. The van der Waals surface area contributed by atoms with Gasteiger partial charge in [0, 0.05) is 26.6 Å². The Morgan fingerprint density at radius 3 is 2.92 bits per heavy atom. The molecule has 0 amide bonds. The zero-order valence-electron chi connectivity index (χ0n) is 15.0. The fourth-order valence-corrected chi connectivity index (χ4v) is 3.45. The summed E-state index contributed by atoms with van der Waals surface area (Å²) in [5.74, 6) is 2.73. The molecule has 1 aromatic carbocycles. The Kier molecular flexibility index (Phi) is 5.96. The van der Waals surface area contributed by atoms with Crippen LogP contribution in [0.3, 0.4) is 0 Å². The van der Waals surface area contributed by atoms with Gasteiger partial charge in [-0.2, -0.15) is 0 Å². The number of nitrogens with zero attached hydrogens (tertiary/aromatic N) is 2. The number of hydrogen-bond donors (Lipinski definition) is 2. The zero-order valence-corrected chi connectivity index (χ0v) is 15.0. The van der Waals surface area contributed by atoms with Crippen molar-refractivity contribution in [3.8, 4) is 5.75 Å². The van der Waals surface area contributed by atoms with Crippen LogP contribution in [0.15, 0.2) is 23.2 Å². The highest BCUT2D eigenvalue weighted by molar-refractivity contribution is 5.79. The molecule has 0 aliphatic carbocycles. The third-order valence-electron chi connectivity index (χ3n) is 5.08. The van der Waals surface area contributed by atoms with Crippen molar-refractivity contribution in [2.24, 2.45) is 10.9 Å². The van der Waals surface area contributed by atoms with E-state index in [2.05, 4.69) is 45.8 Å². The fraction of sp³-hybridized carbons (Fsp3) is 0.632. The molecule has 1 aromatic rings. The number of ether oxygens (including phenoxy) is 1. The summed E-state index contributed by atoms with van der Waals surface area (Å²) in [7, 11) is 4.05. The molecule has 0 bridgehead atoms. The van der Waals surface area contributed by atoms with E-state index in [0.29, 0.717) is 0 Å². The van der Waals surface area contributed by atoms with Crippen LogP contribution in [0.5, 0.6) is 5.75 Å². The smallest absolute Gasteiger partial charge is 0.190 e. The molecule has 0 atom stereocenters. The summed E-state index contributed by atoms with van der Waals surface area (Å²) in [4.78, 5) is 6.75. The van der Waals surface area contributed by atoms with Gasteiger partial charge in [0.15, 0.2) is 5.96 Å². The molecule has 0 radical (unpaired) electrons. The minimum Gasteiger partial charge on any atom is -0.493 e. The fourth-order valence-electron chi connectivity index (χ4n) is 3.45. The number of likely N-dealkylation sites (tertiary alicyclic amines) is 1. The maximum atomic E-state index is 5.56. The predicted molar refractivity (Wildman–Crippen MR) is 98.9 cm³/mol. The number of fused-ring (bicyclic) bond motifs is 1. The zero-order chi connectivity index (χ0) is 16.8. The van der Waals surface area contributed by atoms with Crippen molar-refractivity contribution in [1.82, 2.24) is 15.5 Å². The average molecular weight is 330 g/mol. The van der Waals surface area contributed by atoms with Gasteiger partial charge in [-0.1, -0.05) is 12.1 Å². The lowest BCUT2D eigenvalue weighted by Gasteiger charge is -2.29. The molecule has 5 heteroatoms. The molecular weight excluding hydrogens is 300 g/mol. The van der Waals surface area contributed by atoms with Crippen molar-refractivity contribution >= 4 is 5.96 Å². The Morgan fingerprint density at radius 1 is 1.29 bits per heavy atom. The van der Waals surface area contributed by atoms with Crippen LogP contribution in [0.4, 0.5) is 0 Å². The van der Waals surface area contributed by atoms with Crippen molar-refractivity contribution in [1.29, 1.82) is 0 Å². The average Bonchev–Trinajstić information content (AvgIpc) is 3.07. The SMILES string of the molecule is CN=C(NCCc1ccc2c(c1)CCO2)NCC1CCN(C)CC1. The van der Waals surface area contributed by atoms with Crippen molar-refractivity contribution < 1.29 is 4.74 Å². The second kappa shape index (κ2) is 8.38. The van der Waals surface area contributed by atoms with Crippen LogP contribution in [0.25, 0.3) is 0 Å². The van der Waals surface area contributed by atoms with E-state index >= 15 is 0 Å². The second-order valence-electron chi connectivity index (χ2n) is 6.92. The molecule has 132 valence electrons. The predicted octanol–water partition coefficient (Wildman–Crippen LogP) is 1.67. The third kappa shape index (κ3) is 4.63. The van der Waals surface area contributed by atoms with E-state index in [1.165, 1.54) is 37.1 Å². The van der Waals surface area contributed by atoms with Crippen LogP contribution in [0.1, 0.15) is 24.0 Å². The van der Waals surface area contributed by atoms with Gasteiger partial charge in [-0.3, -0.25) is 4.99 Å². The van der Waals surface area contributed by atoms with Crippen LogP contribution in [0, 0.1) is 5.92 Å². The van der Waals surface area contributed by atoms with Crippen molar-refractivity contribution in [3.05, 3.63) is 29.3 Å². The van der Waals surface area contributed by atoms with Gasteiger partial charge in [-0.05, 0) is 62.5 Å². The van der Waals surface area contributed by atoms with Crippen LogP contribution in [-0.4, -0.2) is 57.7 Å². The Labute approximate surface area is 145 Å². The van der Waals surface area contributed by atoms with E-state index in [4.69, 9.17) is 4.74 Å². The summed E-state index contributed by atoms with van der Waals surface area (Å²) < 4.78 is 5.56.